The average Bonchev–Trinajstić information content (AvgIpc) is 2.92. The lowest BCUT2D eigenvalue weighted by Gasteiger charge is -2.20. The normalized spacial score (nSPS) is 10.8. The van der Waals surface area contributed by atoms with Gasteiger partial charge in [0.15, 0.2) is 11.6 Å². The molecule has 0 saturated heterocycles. The minimum Gasteiger partial charge on any atom is -0.480 e. The molecule has 7 heteroatoms. The van der Waals surface area contributed by atoms with Crippen molar-refractivity contribution < 1.29 is 13.5 Å². The fourth-order valence-corrected chi connectivity index (χ4v) is 1.99. The van der Waals surface area contributed by atoms with Gasteiger partial charge in [-0.2, -0.15) is 5.10 Å². The lowest BCUT2D eigenvalue weighted by molar-refractivity contribution is 0.145. The molecular formula is C15H18F2N4O. The van der Waals surface area contributed by atoms with E-state index in [-0.39, 0.29) is 17.3 Å². The molecule has 0 aliphatic heterocycles. The Morgan fingerprint density at radius 3 is 2.77 bits per heavy atom. The summed E-state index contributed by atoms with van der Waals surface area (Å²) in [5.74, 6) is 0.284. The quantitative estimate of drug-likeness (QED) is 0.767. The van der Waals surface area contributed by atoms with Crippen LogP contribution in [-0.4, -0.2) is 28.4 Å². The lowest BCUT2D eigenvalue weighted by Crippen LogP contribution is -2.18. The van der Waals surface area contributed by atoms with Crippen LogP contribution < -0.4 is 4.90 Å². The van der Waals surface area contributed by atoms with Crippen molar-refractivity contribution in [2.45, 2.75) is 20.3 Å². The van der Waals surface area contributed by atoms with Gasteiger partial charge >= 0.3 is 0 Å². The number of halogens is 2. The summed E-state index contributed by atoms with van der Waals surface area (Å²) in [5.41, 5.74) is 1.45. The maximum Gasteiger partial charge on any atom is 0.284 e. The first-order valence-corrected chi connectivity index (χ1v) is 6.79. The van der Waals surface area contributed by atoms with Gasteiger partial charge in [0.1, 0.15) is 0 Å². The highest BCUT2D eigenvalue weighted by Gasteiger charge is 2.23. The predicted octanol–water partition coefficient (Wildman–Crippen LogP) is 3.46. The molecule has 0 fully saturated rings. The van der Waals surface area contributed by atoms with Gasteiger partial charge in [0.05, 0.1) is 30.4 Å². The van der Waals surface area contributed by atoms with Crippen LogP contribution in [0.25, 0.3) is 5.69 Å². The van der Waals surface area contributed by atoms with E-state index < -0.39 is 6.43 Å². The maximum atomic E-state index is 13.3. The largest absolute Gasteiger partial charge is 0.480 e. The number of hydrogen-bond acceptors (Lipinski definition) is 4. The number of aromatic nitrogens is 3. The van der Waals surface area contributed by atoms with Crippen LogP contribution in [0.4, 0.5) is 14.5 Å². The van der Waals surface area contributed by atoms with Crippen molar-refractivity contribution in [3.8, 4) is 5.69 Å². The molecule has 2 aromatic rings. The van der Waals surface area contributed by atoms with Gasteiger partial charge in [0.25, 0.3) is 6.43 Å². The zero-order valence-electron chi connectivity index (χ0n) is 12.8. The summed E-state index contributed by atoms with van der Waals surface area (Å²) in [5, 5.41) is 3.97. The molecule has 0 unspecified atom stereocenters. The zero-order chi connectivity index (χ0) is 16.3. The minimum atomic E-state index is -2.70. The molecule has 0 spiro atoms. The molecule has 118 valence electrons. The molecule has 2 aromatic heterocycles. The van der Waals surface area contributed by atoms with Gasteiger partial charge in [-0.05, 0) is 32.1 Å². The monoisotopic (exact) mass is 308 g/mol. The third-order valence-corrected chi connectivity index (χ3v) is 3.10. The summed E-state index contributed by atoms with van der Waals surface area (Å²) in [6.07, 6.45) is 2.06. The molecule has 2 heterocycles. The summed E-state index contributed by atoms with van der Waals surface area (Å²) in [4.78, 5) is 5.51. The number of aryl methyl sites for hydroxylation is 1. The second kappa shape index (κ2) is 6.55. The number of pyridine rings is 1. The Bertz CT molecular complexity index is 669. The highest BCUT2D eigenvalue weighted by molar-refractivity contribution is 5.54. The molecule has 0 amide bonds. The Morgan fingerprint density at radius 2 is 2.18 bits per heavy atom. The van der Waals surface area contributed by atoms with E-state index in [1.807, 2.05) is 13.0 Å². The van der Waals surface area contributed by atoms with Gasteiger partial charge in [-0.1, -0.05) is 0 Å². The van der Waals surface area contributed by atoms with E-state index in [4.69, 9.17) is 4.74 Å². The van der Waals surface area contributed by atoms with Crippen LogP contribution >= 0.6 is 0 Å². The standard InChI is InChI=1S/C15H18F2N4O/c1-5-22-11(3)20(4)13-9-21(19-14(13)15(16)17)12-6-10(2)7-18-8-12/h6-9,15H,3,5H2,1-2,4H3. The second-order valence-electron chi connectivity index (χ2n) is 4.75. The highest BCUT2D eigenvalue weighted by Crippen LogP contribution is 2.30. The first-order valence-electron chi connectivity index (χ1n) is 6.79. The average molecular weight is 308 g/mol. The molecule has 5 nitrogen and oxygen atoms in total. The molecule has 2 rings (SSSR count). The first kappa shape index (κ1) is 15.9. The number of anilines is 1. The van der Waals surface area contributed by atoms with Gasteiger partial charge in [0, 0.05) is 13.2 Å². The van der Waals surface area contributed by atoms with Gasteiger partial charge in [-0.25, -0.2) is 13.5 Å². The fraction of sp³-hybridized carbons (Fsp3) is 0.333. The summed E-state index contributed by atoms with van der Waals surface area (Å²) in [6, 6.07) is 1.82. The summed E-state index contributed by atoms with van der Waals surface area (Å²) >= 11 is 0. The third-order valence-electron chi connectivity index (χ3n) is 3.10. The van der Waals surface area contributed by atoms with E-state index in [1.54, 1.807) is 26.4 Å². The minimum absolute atomic E-state index is 0.245. The molecule has 0 saturated carbocycles. The van der Waals surface area contributed by atoms with Crippen molar-refractivity contribution in [1.29, 1.82) is 0 Å². The molecule has 0 aliphatic rings. The van der Waals surface area contributed by atoms with Crippen molar-refractivity contribution >= 4 is 5.69 Å². The maximum absolute atomic E-state index is 13.3. The first-order chi connectivity index (χ1) is 10.4. The summed E-state index contributed by atoms with van der Waals surface area (Å²) in [6.45, 7) is 7.81. The highest BCUT2D eigenvalue weighted by atomic mass is 19.3. The van der Waals surface area contributed by atoms with Crippen LogP contribution in [0.2, 0.25) is 0 Å². The van der Waals surface area contributed by atoms with Crippen molar-refractivity contribution in [3.63, 3.8) is 0 Å². The number of ether oxygens (including phenoxy) is 1. The Kier molecular flexibility index (Phi) is 4.75. The van der Waals surface area contributed by atoms with Crippen LogP contribution in [-0.2, 0) is 4.74 Å². The smallest absolute Gasteiger partial charge is 0.284 e. The molecule has 0 atom stereocenters. The van der Waals surface area contributed by atoms with Crippen molar-refractivity contribution in [2.75, 3.05) is 18.6 Å². The number of alkyl halides is 2. The van der Waals surface area contributed by atoms with Crippen LogP contribution in [0.1, 0.15) is 24.6 Å². The molecule has 0 aliphatic carbocycles. The molecule has 22 heavy (non-hydrogen) atoms. The lowest BCUT2D eigenvalue weighted by atomic mass is 10.3. The Hall–Kier alpha value is -2.44. The summed E-state index contributed by atoms with van der Waals surface area (Å²) in [7, 11) is 1.61. The van der Waals surface area contributed by atoms with Crippen molar-refractivity contribution in [2.24, 2.45) is 0 Å². The van der Waals surface area contributed by atoms with E-state index >= 15 is 0 Å². The Labute approximate surface area is 127 Å². The van der Waals surface area contributed by atoms with E-state index in [2.05, 4.69) is 16.7 Å². The molecule has 0 N–H and O–H groups in total. The van der Waals surface area contributed by atoms with Gasteiger partial charge in [-0.15, -0.1) is 0 Å². The second-order valence-corrected chi connectivity index (χ2v) is 4.75. The predicted molar refractivity (Wildman–Crippen MR) is 80.2 cm³/mol. The topological polar surface area (TPSA) is 43.2 Å². The van der Waals surface area contributed by atoms with E-state index in [0.717, 1.165) is 5.56 Å². The fourth-order valence-electron chi connectivity index (χ4n) is 1.99. The van der Waals surface area contributed by atoms with Crippen molar-refractivity contribution in [1.82, 2.24) is 14.8 Å². The van der Waals surface area contributed by atoms with Gasteiger partial charge in [-0.3, -0.25) is 4.98 Å². The molecule has 0 bridgehead atoms. The zero-order valence-corrected chi connectivity index (χ0v) is 12.8. The van der Waals surface area contributed by atoms with E-state index in [1.165, 1.54) is 15.8 Å². The number of nitrogens with zero attached hydrogens (tertiary/aromatic N) is 4. The van der Waals surface area contributed by atoms with Crippen LogP contribution in [0.3, 0.4) is 0 Å². The van der Waals surface area contributed by atoms with Crippen molar-refractivity contribution in [3.05, 3.63) is 48.4 Å². The Balaban J connectivity index is 2.44. The number of hydrogen-bond donors (Lipinski definition) is 0. The Morgan fingerprint density at radius 1 is 1.45 bits per heavy atom. The van der Waals surface area contributed by atoms with Gasteiger partial charge < -0.3 is 9.64 Å². The van der Waals surface area contributed by atoms with Crippen LogP contribution in [0.15, 0.2) is 37.1 Å². The van der Waals surface area contributed by atoms with E-state index in [0.29, 0.717) is 12.3 Å². The third kappa shape index (κ3) is 3.24. The van der Waals surface area contributed by atoms with Gasteiger partial charge in [0.2, 0.25) is 0 Å². The van der Waals surface area contributed by atoms with Crippen LogP contribution in [0.5, 0.6) is 0 Å². The van der Waals surface area contributed by atoms with E-state index in [9.17, 15) is 8.78 Å². The molecule has 0 aromatic carbocycles. The molecule has 0 radical (unpaired) electrons. The summed E-state index contributed by atoms with van der Waals surface area (Å²) < 4.78 is 33.2. The van der Waals surface area contributed by atoms with Crippen LogP contribution in [0, 0.1) is 6.92 Å². The molecular weight excluding hydrogens is 290 g/mol. The SMILES string of the molecule is C=C(OCC)N(C)c1cn(-c2cncc(C)c2)nc1C(F)F. The number of rotatable bonds is 6.